The minimum atomic E-state index is -0.656. The van der Waals surface area contributed by atoms with Crippen molar-refractivity contribution < 1.29 is 18.6 Å². The van der Waals surface area contributed by atoms with Gasteiger partial charge in [0.1, 0.15) is 11.6 Å². The van der Waals surface area contributed by atoms with Crippen molar-refractivity contribution in [3.05, 3.63) is 35.4 Å². The van der Waals surface area contributed by atoms with E-state index in [0.29, 0.717) is 12.0 Å². The maximum atomic E-state index is 12.9. The van der Waals surface area contributed by atoms with Gasteiger partial charge in [-0.2, -0.15) is 0 Å². The highest BCUT2D eigenvalue weighted by Gasteiger charge is 2.11. The molecule has 0 saturated heterocycles. The van der Waals surface area contributed by atoms with Crippen LogP contribution in [0.4, 0.5) is 8.78 Å². The Morgan fingerprint density at radius 1 is 1.25 bits per heavy atom. The smallest absolute Gasteiger partial charge is 0.126 e. The third-order valence-electron chi connectivity index (χ3n) is 2.40. The molecule has 0 radical (unpaired) electrons. The van der Waals surface area contributed by atoms with Crippen molar-refractivity contribution in [2.75, 3.05) is 7.11 Å². The maximum absolute atomic E-state index is 12.9. The third kappa shape index (κ3) is 4.24. The monoisotopic (exact) mass is 230 g/mol. The minimum Gasteiger partial charge on any atom is -0.393 e. The summed E-state index contributed by atoms with van der Waals surface area (Å²) in [6.45, 7) is 1.83. The molecule has 90 valence electrons. The molecule has 0 bridgehead atoms. The second-order valence-electron chi connectivity index (χ2n) is 3.92. The molecule has 1 aromatic carbocycles. The summed E-state index contributed by atoms with van der Waals surface area (Å²) < 4.78 is 30.7. The number of methoxy groups -OCH3 is 1. The van der Waals surface area contributed by atoms with Crippen LogP contribution in [0.15, 0.2) is 18.2 Å². The number of aliphatic hydroxyl groups is 1. The average Bonchev–Trinajstić information content (AvgIpc) is 2.15. The quantitative estimate of drug-likeness (QED) is 0.841. The number of ether oxygens (including phenoxy) is 1. The lowest BCUT2D eigenvalue weighted by molar-refractivity contribution is 0.0565. The molecule has 2 unspecified atom stereocenters. The zero-order valence-electron chi connectivity index (χ0n) is 9.41. The Bertz CT molecular complexity index is 322. The summed E-state index contributed by atoms with van der Waals surface area (Å²) in [5.41, 5.74) is 0.452. The van der Waals surface area contributed by atoms with Gasteiger partial charge in [0.2, 0.25) is 0 Å². The van der Waals surface area contributed by atoms with Gasteiger partial charge >= 0.3 is 0 Å². The molecule has 16 heavy (non-hydrogen) atoms. The third-order valence-corrected chi connectivity index (χ3v) is 2.40. The fourth-order valence-electron chi connectivity index (χ4n) is 1.56. The fraction of sp³-hybridized carbons (Fsp3) is 0.500. The number of aliphatic hydroxyl groups excluding tert-OH is 1. The van der Waals surface area contributed by atoms with Gasteiger partial charge in [0.05, 0.1) is 12.2 Å². The summed E-state index contributed by atoms with van der Waals surface area (Å²) in [6.07, 6.45) is -0.0682. The van der Waals surface area contributed by atoms with E-state index in [1.807, 2.05) is 6.92 Å². The number of halogens is 2. The highest BCUT2D eigenvalue weighted by molar-refractivity contribution is 5.18. The van der Waals surface area contributed by atoms with Crippen molar-refractivity contribution in [2.45, 2.75) is 32.0 Å². The zero-order valence-corrected chi connectivity index (χ0v) is 9.41. The Kier molecular flexibility index (Phi) is 4.83. The van der Waals surface area contributed by atoms with Gasteiger partial charge in [-0.15, -0.1) is 0 Å². The fourth-order valence-corrected chi connectivity index (χ4v) is 1.56. The van der Waals surface area contributed by atoms with Gasteiger partial charge in [0, 0.05) is 13.2 Å². The van der Waals surface area contributed by atoms with E-state index in [4.69, 9.17) is 4.74 Å². The second-order valence-corrected chi connectivity index (χ2v) is 3.92. The summed E-state index contributed by atoms with van der Waals surface area (Å²) in [5, 5.41) is 9.66. The Labute approximate surface area is 93.9 Å². The largest absolute Gasteiger partial charge is 0.393 e. The highest BCUT2D eigenvalue weighted by Crippen LogP contribution is 2.12. The molecule has 0 aromatic heterocycles. The second kappa shape index (κ2) is 5.92. The predicted molar refractivity (Wildman–Crippen MR) is 57.2 cm³/mol. The molecule has 0 spiro atoms. The standard InChI is InChI=1S/C12H16F2O2/c1-8(16-2)3-12(15)6-9-4-10(13)7-11(14)5-9/h4-5,7-8,12,15H,3,6H2,1-2H3. The molecule has 0 aliphatic carbocycles. The van der Waals surface area contributed by atoms with Crippen molar-refractivity contribution in [1.29, 1.82) is 0 Å². The minimum absolute atomic E-state index is 0.0755. The summed E-state index contributed by atoms with van der Waals surface area (Å²) >= 11 is 0. The molecule has 1 N–H and O–H groups in total. The van der Waals surface area contributed by atoms with E-state index in [9.17, 15) is 13.9 Å². The molecule has 1 aromatic rings. The van der Waals surface area contributed by atoms with Crippen LogP contribution >= 0.6 is 0 Å². The Morgan fingerprint density at radius 2 is 1.81 bits per heavy atom. The summed E-state index contributed by atoms with van der Waals surface area (Å²) in [6, 6.07) is 3.27. The van der Waals surface area contributed by atoms with Crippen LogP contribution in [0.3, 0.4) is 0 Å². The van der Waals surface area contributed by atoms with Gasteiger partial charge in [0.25, 0.3) is 0 Å². The molecule has 0 aliphatic rings. The van der Waals surface area contributed by atoms with Crippen LogP contribution in [0.25, 0.3) is 0 Å². The number of rotatable bonds is 5. The summed E-state index contributed by atoms with van der Waals surface area (Å²) in [5.74, 6) is -1.25. The first kappa shape index (κ1) is 13.1. The Morgan fingerprint density at radius 3 is 2.31 bits per heavy atom. The van der Waals surface area contributed by atoms with Crippen molar-refractivity contribution in [1.82, 2.24) is 0 Å². The van der Waals surface area contributed by atoms with Gasteiger partial charge in [-0.05, 0) is 37.5 Å². The van der Waals surface area contributed by atoms with E-state index in [-0.39, 0.29) is 12.5 Å². The van der Waals surface area contributed by atoms with Crippen LogP contribution < -0.4 is 0 Å². The van der Waals surface area contributed by atoms with Crippen LogP contribution in [0.1, 0.15) is 18.9 Å². The van der Waals surface area contributed by atoms with Crippen molar-refractivity contribution >= 4 is 0 Å². The molecular formula is C12H16F2O2. The summed E-state index contributed by atoms with van der Waals surface area (Å²) in [7, 11) is 1.55. The molecule has 2 nitrogen and oxygen atoms in total. The first-order valence-corrected chi connectivity index (χ1v) is 5.17. The van der Waals surface area contributed by atoms with Crippen molar-refractivity contribution in [3.63, 3.8) is 0 Å². The molecule has 0 fully saturated rings. The topological polar surface area (TPSA) is 29.5 Å². The zero-order chi connectivity index (χ0) is 12.1. The van der Waals surface area contributed by atoms with Crippen molar-refractivity contribution in [3.8, 4) is 0 Å². The number of hydrogen-bond acceptors (Lipinski definition) is 2. The first-order chi connectivity index (χ1) is 7.51. The van der Waals surface area contributed by atoms with Crippen LogP contribution in [0.2, 0.25) is 0 Å². The molecule has 0 amide bonds. The molecule has 2 atom stereocenters. The molecule has 0 aliphatic heterocycles. The van der Waals surface area contributed by atoms with E-state index < -0.39 is 17.7 Å². The Balaban J connectivity index is 2.58. The van der Waals surface area contributed by atoms with E-state index in [1.54, 1.807) is 7.11 Å². The number of benzene rings is 1. The molecular weight excluding hydrogens is 214 g/mol. The van der Waals surface area contributed by atoms with E-state index in [2.05, 4.69) is 0 Å². The van der Waals surface area contributed by atoms with E-state index >= 15 is 0 Å². The van der Waals surface area contributed by atoms with Crippen LogP contribution in [0, 0.1) is 11.6 Å². The van der Waals surface area contributed by atoms with E-state index in [0.717, 1.165) is 6.07 Å². The molecule has 0 saturated carbocycles. The van der Waals surface area contributed by atoms with Crippen LogP contribution in [0.5, 0.6) is 0 Å². The lowest BCUT2D eigenvalue weighted by Crippen LogP contribution is -2.19. The molecule has 1 rings (SSSR count). The average molecular weight is 230 g/mol. The van der Waals surface area contributed by atoms with Crippen LogP contribution in [-0.2, 0) is 11.2 Å². The number of hydrogen-bond donors (Lipinski definition) is 1. The van der Waals surface area contributed by atoms with Gasteiger partial charge < -0.3 is 9.84 Å². The SMILES string of the molecule is COC(C)CC(O)Cc1cc(F)cc(F)c1. The van der Waals surface area contributed by atoms with E-state index in [1.165, 1.54) is 12.1 Å². The maximum Gasteiger partial charge on any atom is 0.126 e. The van der Waals surface area contributed by atoms with Crippen molar-refractivity contribution in [2.24, 2.45) is 0 Å². The Hall–Kier alpha value is -1.00. The van der Waals surface area contributed by atoms with Gasteiger partial charge in [-0.3, -0.25) is 0 Å². The van der Waals surface area contributed by atoms with Gasteiger partial charge in [-0.25, -0.2) is 8.78 Å². The normalized spacial score (nSPS) is 14.8. The predicted octanol–water partition coefficient (Wildman–Crippen LogP) is 2.29. The molecule has 0 heterocycles. The lowest BCUT2D eigenvalue weighted by Gasteiger charge is -2.15. The summed E-state index contributed by atoms with van der Waals surface area (Å²) in [4.78, 5) is 0. The first-order valence-electron chi connectivity index (χ1n) is 5.17. The highest BCUT2D eigenvalue weighted by atomic mass is 19.1. The van der Waals surface area contributed by atoms with Gasteiger partial charge in [0.15, 0.2) is 0 Å². The molecule has 4 heteroatoms. The lowest BCUT2D eigenvalue weighted by atomic mass is 10.0. The van der Waals surface area contributed by atoms with Gasteiger partial charge in [-0.1, -0.05) is 0 Å². The van der Waals surface area contributed by atoms with Crippen LogP contribution in [-0.4, -0.2) is 24.4 Å².